The van der Waals surface area contributed by atoms with Gasteiger partial charge < -0.3 is 4.90 Å². The molecule has 0 unspecified atom stereocenters. The number of carbonyl (C=O) groups is 1. The van der Waals surface area contributed by atoms with Gasteiger partial charge in [-0.25, -0.2) is 8.42 Å². The molecule has 0 heterocycles. The second-order valence-corrected chi connectivity index (χ2v) is 6.19. The molecule has 1 rings (SSSR count). The van der Waals surface area contributed by atoms with Crippen LogP contribution in [-0.4, -0.2) is 39.1 Å². The average molecular weight is 266 g/mol. The minimum Gasteiger partial charge on any atom is -0.348 e. The molecule has 1 amide bonds. The van der Waals surface area contributed by atoms with Crippen molar-refractivity contribution in [3.05, 3.63) is 35.4 Å². The van der Waals surface area contributed by atoms with Crippen molar-refractivity contribution >= 4 is 15.7 Å². The third kappa shape index (κ3) is 4.18. The van der Waals surface area contributed by atoms with E-state index in [-0.39, 0.29) is 5.75 Å². The van der Waals surface area contributed by atoms with Crippen molar-refractivity contribution in [2.24, 2.45) is 0 Å². The molecule has 5 nitrogen and oxygen atoms in total. The van der Waals surface area contributed by atoms with Crippen molar-refractivity contribution in [2.45, 2.75) is 5.75 Å². The summed E-state index contributed by atoms with van der Waals surface area (Å²) in [5, 5.41) is 8.62. The van der Waals surface area contributed by atoms with E-state index in [4.69, 9.17) is 5.26 Å². The van der Waals surface area contributed by atoms with E-state index in [0.29, 0.717) is 11.1 Å². The third-order valence-corrected chi connectivity index (χ3v) is 3.77. The van der Waals surface area contributed by atoms with Gasteiger partial charge in [0.2, 0.25) is 5.91 Å². The van der Waals surface area contributed by atoms with Crippen LogP contribution in [0.3, 0.4) is 0 Å². The van der Waals surface area contributed by atoms with Crippen molar-refractivity contribution in [1.29, 1.82) is 5.26 Å². The van der Waals surface area contributed by atoms with E-state index in [1.165, 1.54) is 19.0 Å². The van der Waals surface area contributed by atoms with Gasteiger partial charge in [-0.3, -0.25) is 4.79 Å². The summed E-state index contributed by atoms with van der Waals surface area (Å²) >= 11 is 0. The number of hydrogen-bond acceptors (Lipinski definition) is 4. The zero-order chi connectivity index (χ0) is 13.8. The van der Waals surface area contributed by atoms with Crippen molar-refractivity contribution in [3.8, 4) is 6.07 Å². The number of nitrogens with zero attached hydrogens (tertiary/aromatic N) is 2. The molecule has 0 aliphatic rings. The number of benzene rings is 1. The van der Waals surface area contributed by atoms with Crippen molar-refractivity contribution < 1.29 is 13.2 Å². The van der Waals surface area contributed by atoms with E-state index in [1.54, 1.807) is 24.3 Å². The van der Waals surface area contributed by atoms with Gasteiger partial charge in [-0.15, -0.1) is 0 Å². The van der Waals surface area contributed by atoms with Gasteiger partial charge in [0.25, 0.3) is 0 Å². The fourth-order valence-corrected chi connectivity index (χ4v) is 2.73. The fraction of sp³-hybridized carbons (Fsp3) is 0.333. The van der Waals surface area contributed by atoms with Gasteiger partial charge in [0, 0.05) is 14.1 Å². The maximum absolute atomic E-state index is 11.8. The number of sulfone groups is 1. The van der Waals surface area contributed by atoms with Gasteiger partial charge in [0.05, 0.1) is 17.4 Å². The number of amides is 1. The minimum absolute atomic E-state index is 0.196. The van der Waals surface area contributed by atoms with Gasteiger partial charge in [0.1, 0.15) is 5.75 Å². The molecule has 0 aliphatic carbocycles. The monoisotopic (exact) mass is 266 g/mol. The van der Waals surface area contributed by atoms with E-state index in [2.05, 4.69) is 0 Å². The predicted molar refractivity (Wildman–Crippen MR) is 67.3 cm³/mol. The molecule has 0 radical (unpaired) electrons. The molecule has 0 atom stereocenters. The lowest BCUT2D eigenvalue weighted by Crippen LogP contribution is -2.29. The van der Waals surface area contributed by atoms with Gasteiger partial charge in [-0.2, -0.15) is 5.26 Å². The topological polar surface area (TPSA) is 78.2 Å². The summed E-state index contributed by atoms with van der Waals surface area (Å²) in [4.78, 5) is 12.6. The van der Waals surface area contributed by atoms with Crippen LogP contribution in [0, 0.1) is 11.3 Å². The first kappa shape index (κ1) is 14.2. The molecule has 0 aliphatic heterocycles. The first-order chi connectivity index (χ1) is 8.34. The Bertz CT molecular complexity index is 568. The Balaban J connectivity index is 2.77. The predicted octanol–water partition coefficient (Wildman–Crippen LogP) is 0.561. The van der Waals surface area contributed by atoms with Crippen LogP contribution in [-0.2, 0) is 20.4 Å². The van der Waals surface area contributed by atoms with Gasteiger partial charge in [0.15, 0.2) is 9.84 Å². The second-order valence-electron chi connectivity index (χ2n) is 4.13. The fourth-order valence-electron chi connectivity index (χ4n) is 1.30. The van der Waals surface area contributed by atoms with E-state index < -0.39 is 21.5 Å². The average Bonchev–Trinajstić information content (AvgIpc) is 2.28. The van der Waals surface area contributed by atoms with Crippen molar-refractivity contribution in [1.82, 2.24) is 4.90 Å². The molecule has 96 valence electrons. The van der Waals surface area contributed by atoms with Crippen LogP contribution < -0.4 is 0 Å². The SMILES string of the molecule is CN(C)C(=O)CS(=O)(=O)Cc1ccc(C#N)cc1. The van der Waals surface area contributed by atoms with E-state index >= 15 is 0 Å². The molecule has 0 aromatic heterocycles. The van der Waals surface area contributed by atoms with Crippen LogP contribution in [0.25, 0.3) is 0 Å². The Morgan fingerprint density at radius 3 is 2.28 bits per heavy atom. The van der Waals surface area contributed by atoms with Gasteiger partial charge in [-0.05, 0) is 17.7 Å². The van der Waals surface area contributed by atoms with E-state index in [0.717, 1.165) is 0 Å². The summed E-state index contributed by atoms with van der Waals surface area (Å²) in [5.41, 5.74) is 1.04. The number of carbonyl (C=O) groups excluding carboxylic acids is 1. The lowest BCUT2D eigenvalue weighted by Gasteiger charge is -2.10. The highest BCUT2D eigenvalue weighted by Gasteiger charge is 2.18. The summed E-state index contributed by atoms with van der Waals surface area (Å²) in [5.74, 6) is -1.14. The Hall–Kier alpha value is -1.87. The Morgan fingerprint density at radius 1 is 1.28 bits per heavy atom. The third-order valence-electron chi connectivity index (χ3n) is 2.31. The van der Waals surface area contributed by atoms with E-state index in [1.807, 2.05) is 6.07 Å². The smallest absolute Gasteiger partial charge is 0.237 e. The van der Waals surface area contributed by atoms with Crippen LogP contribution in [0.5, 0.6) is 0 Å². The van der Waals surface area contributed by atoms with Gasteiger partial charge in [-0.1, -0.05) is 12.1 Å². The van der Waals surface area contributed by atoms with E-state index in [9.17, 15) is 13.2 Å². The molecule has 0 bridgehead atoms. The molecule has 0 N–H and O–H groups in total. The summed E-state index contributed by atoms with van der Waals surface area (Å²) in [6.07, 6.45) is 0. The molecular formula is C12H14N2O3S. The molecular weight excluding hydrogens is 252 g/mol. The van der Waals surface area contributed by atoms with Crippen LogP contribution >= 0.6 is 0 Å². The minimum atomic E-state index is -3.47. The molecule has 18 heavy (non-hydrogen) atoms. The maximum atomic E-state index is 11.8. The summed E-state index contributed by atoms with van der Waals surface area (Å²) in [6.45, 7) is 0. The number of rotatable bonds is 4. The maximum Gasteiger partial charge on any atom is 0.237 e. The molecule has 0 spiro atoms. The van der Waals surface area contributed by atoms with Crippen LogP contribution in [0.2, 0.25) is 0 Å². The van der Waals surface area contributed by atoms with Crippen LogP contribution in [0.1, 0.15) is 11.1 Å². The van der Waals surface area contributed by atoms with Crippen molar-refractivity contribution in [3.63, 3.8) is 0 Å². The zero-order valence-electron chi connectivity index (χ0n) is 10.3. The highest BCUT2D eigenvalue weighted by molar-refractivity contribution is 7.91. The quantitative estimate of drug-likeness (QED) is 0.797. The number of hydrogen-bond donors (Lipinski definition) is 0. The second kappa shape index (κ2) is 5.65. The standard InChI is InChI=1S/C12H14N2O3S/c1-14(2)12(15)9-18(16,17)8-11-5-3-10(7-13)4-6-11/h3-6H,8-9H2,1-2H3. The van der Waals surface area contributed by atoms with Gasteiger partial charge >= 0.3 is 0 Å². The number of nitriles is 1. The zero-order valence-corrected chi connectivity index (χ0v) is 11.1. The molecule has 0 saturated carbocycles. The molecule has 1 aromatic carbocycles. The normalized spacial score (nSPS) is 10.7. The molecule has 0 saturated heterocycles. The lowest BCUT2D eigenvalue weighted by molar-refractivity contribution is -0.125. The van der Waals surface area contributed by atoms with Crippen LogP contribution in [0.15, 0.2) is 24.3 Å². The van der Waals surface area contributed by atoms with Crippen LogP contribution in [0.4, 0.5) is 0 Å². The Labute approximate surface area is 107 Å². The Morgan fingerprint density at radius 2 is 1.83 bits per heavy atom. The summed E-state index contributed by atoms with van der Waals surface area (Å²) in [7, 11) is -0.446. The molecule has 6 heteroatoms. The first-order valence-electron chi connectivity index (χ1n) is 5.23. The first-order valence-corrected chi connectivity index (χ1v) is 7.06. The lowest BCUT2D eigenvalue weighted by atomic mass is 10.2. The highest BCUT2D eigenvalue weighted by Crippen LogP contribution is 2.09. The largest absolute Gasteiger partial charge is 0.348 e. The molecule has 1 aromatic rings. The van der Waals surface area contributed by atoms with Crippen molar-refractivity contribution in [2.75, 3.05) is 19.8 Å². The summed E-state index contributed by atoms with van der Waals surface area (Å²) in [6, 6.07) is 8.22. The summed E-state index contributed by atoms with van der Waals surface area (Å²) < 4.78 is 23.5. The highest BCUT2D eigenvalue weighted by atomic mass is 32.2. The Kier molecular flexibility index (Phi) is 4.45. The molecule has 0 fully saturated rings.